The number of thiophene rings is 1. The van der Waals surface area contributed by atoms with Crippen LogP contribution in [0.2, 0.25) is 0 Å². The molecule has 2 aromatic carbocycles. The van der Waals surface area contributed by atoms with E-state index in [1.165, 1.54) is 30.0 Å². The van der Waals surface area contributed by atoms with Crippen LogP contribution in [0.25, 0.3) is 0 Å². The van der Waals surface area contributed by atoms with Crippen molar-refractivity contribution in [1.82, 2.24) is 0 Å². The Morgan fingerprint density at radius 2 is 1.54 bits per heavy atom. The molecule has 2 amide bonds. The van der Waals surface area contributed by atoms with Gasteiger partial charge in [-0.2, -0.15) is 0 Å². The maximum Gasteiger partial charge on any atom is 0.265 e. The van der Waals surface area contributed by atoms with Gasteiger partial charge in [0, 0.05) is 21.8 Å². The highest BCUT2D eigenvalue weighted by Gasteiger charge is 2.08. The molecular formula is C21H18N2O3S2. The van der Waals surface area contributed by atoms with Gasteiger partial charge < -0.3 is 10.6 Å². The number of carbonyl (C=O) groups excluding carboxylic acids is 3. The van der Waals surface area contributed by atoms with Gasteiger partial charge in [0.15, 0.2) is 5.78 Å². The van der Waals surface area contributed by atoms with Crippen molar-refractivity contribution in [2.24, 2.45) is 0 Å². The largest absolute Gasteiger partial charge is 0.325 e. The number of amides is 2. The normalized spacial score (nSPS) is 10.3. The summed E-state index contributed by atoms with van der Waals surface area (Å²) in [5.74, 6) is -0.0142. The van der Waals surface area contributed by atoms with Crippen LogP contribution in [0.4, 0.5) is 11.4 Å². The van der Waals surface area contributed by atoms with Crippen molar-refractivity contribution in [3.05, 3.63) is 76.5 Å². The fourth-order valence-corrected chi connectivity index (χ4v) is 3.69. The summed E-state index contributed by atoms with van der Waals surface area (Å²) in [6.07, 6.45) is 0. The zero-order valence-corrected chi connectivity index (χ0v) is 16.7. The summed E-state index contributed by atoms with van der Waals surface area (Å²) in [6.45, 7) is 1.50. The summed E-state index contributed by atoms with van der Waals surface area (Å²) < 4.78 is 0. The number of anilines is 2. The van der Waals surface area contributed by atoms with E-state index in [-0.39, 0.29) is 23.4 Å². The second-order valence-corrected chi connectivity index (χ2v) is 7.92. The van der Waals surface area contributed by atoms with Crippen LogP contribution in [0.5, 0.6) is 0 Å². The predicted molar refractivity (Wildman–Crippen MR) is 115 cm³/mol. The Bertz CT molecular complexity index is 966. The number of carbonyl (C=O) groups is 3. The highest BCUT2D eigenvalue weighted by molar-refractivity contribution is 8.00. The molecule has 0 unspecified atom stereocenters. The van der Waals surface area contributed by atoms with Crippen LogP contribution in [0.3, 0.4) is 0 Å². The summed E-state index contributed by atoms with van der Waals surface area (Å²) >= 11 is 2.79. The summed E-state index contributed by atoms with van der Waals surface area (Å²) in [5, 5.41) is 7.50. The molecule has 1 aromatic heterocycles. The monoisotopic (exact) mass is 410 g/mol. The fourth-order valence-electron chi connectivity index (χ4n) is 2.37. The molecule has 0 saturated carbocycles. The Morgan fingerprint density at radius 1 is 0.893 bits per heavy atom. The Balaban J connectivity index is 1.48. The van der Waals surface area contributed by atoms with E-state index in [0.29, 0.717) is 21.8 Å². The molecule has 0 radical (unpaired) electrons. The maximum atomic E-state index is 12.1. The topological polar surface area (TPSA) is 75.3 Å². The zero-order chi connectivity index (χ0) is 19.9. The van der Waals surface area contributed by atoms with E-state index in [1.54, 1.807) is 30.3 Å². The molecule has 28 heavy (non-hydrogen) atoms. The first kappa shape index (κ1) is 19.9. The van der Waals surface area contributed by atoms with E-state index in [1.807, 2.05) is 35.7 Å². The molecule has 2 N–H and O–H groups in total. The van der Waals surface area contributed by atoms with Gasteiger partial charge >= 0.3 is 0 Å². The summed E-state index contributed by atoms with van der Waals surface area (Å²) in [6, 6.07) is 17.8. The van der Waals surface area contributed by atoms with Gasteiger partial charge in [-0.05, 0) is 66.9 Å². The van der Waals surface area contributed by atoms with Crippen molar-refractivity contribution in [2.45, 2.75) is 11.8 Å². The molecular weight excluding hydrogens is 392 g/mol. The van der Waals surface area contributed by atoms with Crippen molar-refractivity contribution < 1.29 is 14.4 Å². The molecule has 0 aliphatic carbocycles. The zero-order valence-electron chi connectivity index (χ0n) is 15.1. The molecule has 3 aromatic rings. The summed E-state index contributed by atoms with van der Waals surface area (Å²) in [4.78, 5) is 37.0. The number of hydrogen-bond donors (Lipinski definition) is 2. The predicted octanol–water partition coefficient (Wildman–Crippen LogP) is 4.93. The molecule has 0 atom stereocenters. The maximum absolute atomic E-state index is 12.1. The van der Waals surface area contributed by atoms with E-state index >= 15 is 0 Å². The fraction of sp³-hybridized carbons (Fsp3) is 0.0952. The van der Waals surface area contributed by atoms with Crippen LogP contribution < -0.4 is 10.6 Å². The summed E-state index contributed by atoms with van der Waals surface area (Å²) in [5.41, 5.74) is 1.97. The van der Waals surface area contributed by atoms with E-state index in [4.69, 9.17) is 0 Å². The van der Waals surface area contributed by atoms with Crippen LogP contribution in [0.1, 0.15) is 27.0 Å². The molecule has 0 bridgehead atoms. The molecule has 5 nitrogen and oxygen atoms in total. The first-order valence-electron chi connectivity index (χ1n) is 8.50. The van der Waals surface area contributed by atoms with Crippen molar-refractivity contribution in [1.29, 1.82) is 0 Å². The van der Waals surface area contributed by atoms with Gasteiger partial charge in [-0.1, -0.05) is 6.07 Å². The molecule has 1 heterocycles. The first-order valence-corrected chi connectivity index (χ1v) is 10.4. The molecule has 0 spiro atoms. The van der Waals surface area contributed by atoms with Crippen molar-refractivity contribution in [3.63, 3.8) is 0 Å². The smallest absolute Gasteiger partial charge is 0.265 e. The molecule has 7 heteroatoms. The number of ketones is 1. The summed E-state index contributed by atoms with van der Waals surface area (Å²) in [7, 11) is 0. The van der Waals surface area contributed by atoms with Crippen molar-refractivity contribution in [2.75, 3.05) is 16.4 Å². The van der Waals surface area contributed by atoms with Gasteiger partial charge in [-0.3, -0.25) is 14.4 Å². The van der Waals surface area contributed by atoms with E-state index in [2.05, 4.69) is 10.6 Å². The van der Waals surface area contributed by atoms with Crippen LogP contribution in [0.15, 0.2) is 70.9 Å². The Labute approximate surface area is 171 Å². The highest BCUT2D eigenvalue weighted by Crippen LogP contribution is 2.21. The number of benzene rings is 2. The van der Waals surface area contributed by atoms with Gasteiger partial charge in [-0.15, -0.1) is 23.1 Å². The van der Waals surface area contributed by atoms with E-state index in [0.717, 1.165) is 4.90 Å². The Kier molecular flexibility index (Phi) is 6.62. The lowest BCUT2D eigenvalue weighted by atomic mass is 10.1. The Morgan fingerprint density at radius 3 is 2.14 bits per heavy atom. The number of nitrogens with one attached hydrogen (secondary N) is 2. The van der Waals surface area contributed by atoms with Crippen molar-refractivity contribution in [3.8, 4) is 0 Å². The standard InChI is InChI=1S/C21H18N2O3S2/c1-14(24)15-4-6-16(7-5-15)22-20(25)13-28-18-10-8-17(9-11-18)23-21(26)19-3-2-12-27-19/h2-12H,13H2,1H3,(H,22,25)(H,23,26). The second kappa shape index (κ2) is 9.34. The van der Waals surface area contributed by atoms with Crippen LogP contribution in [0, 0.1) is 0 Å². The molecule has 0 saturated heterocycles. The van der Waals surface area contributed by atoms with Crippen LogP contribution in [-0.4, -0.2) is 23.4 Å². The molecule has 0 aliphatic rings. The first-order chi connectivity index (χ1) is 13.5. The van der Waals surface area contributed by atoms with Crippen LogP contribution in [-0.2, 0) is 4.79 Å². The highest BCUT2D eigenvalue weighted by atomic mass is 32.2. The molecule has 3 rings (SSSR count). The number of hydrogen-bond acceptors (Lipinski definition) is 5. The lowest BCUT2D eigenvalue weighted by Gasteiger charge is -2.07. The molecule has 0 fully saturated rings. The number of thioether (sulfide) groups is 1. The molecule has 142 valence electrons. The average molecular weight is 411 g/mol. The lowest BCUT2D eigenvalue weighted by Crippen LogP contribution is -2.14. The Hall–Kier alpha value is -2.90. The number of rotatable bonds is 7. The van der Waals surface area contributed by atoms with Gasteiger partial charge in [0.05, 0.1) is 10.6 Å². The number of Topliss-reactive ketones (excluding diaryl/α,β-unsaturated/α-hetero) is 1. The second-order valence-electron chi connectivity index (χ2n) is 5.93. The lowest BCUT2D eigenvalue weighted by molar-refractivity contribution is -0.113. The quantitative estimate of drug-likeness (QED) is 0.428. The minimum atomic E-state index is -0.134. The van der Waals surface area contributed by atoms with Gasteiger partial charge in [0.1, 0.15) is 0 Å². The third kappa shape index (κ3) is 5.55. The van der Waals surface area contributed by atoms with E-state index < -0.39 is 0 Å². The minimum absolute atomic E-state index is 0.0107. The third-order valence-electron chi connectivity index (χ3n) is 3.80. The van der Waals surface area contributed by atoms with Gasteiger partial charge in [0.25, 0.3) is 5.91 Å². The average Bonchev–Trinajstić information content (AvgIpc) is 3.23. The third-order valence-corrected chi connectivity index (χ3v) is 5.68. The SMILES string of the molecule is CC(=O)c1ccc(NC(=O)CSc2ccc(NC(=O)c3cccs3)cc2)cc1. The van der Waals surface area contributed by atoms with Crippen LogP contribution >= 0.6 is 23.1 Å². The van der Waals surface area contributed by atoms with E-state index in [9.17, 15) is 14.4 Å². The van der Waals surface area contributed by atoms with Crippen molar-refractivity contribution >= 4 is 52.1 Å². The minimum Gasteiger partial charge on any atom is -0.325 e. The molecule has 0 aliphatic heterocycles. The van der Waals surface area contributed by atoms with Gasteiger partial charge in [-0.25, -0.2) is 0 Å². The van der Waals surface area contributed by atoms with Gasteiger partial charge in [0.2, 0.25) is 5.91 Å².